The largest absolute Gasteiger partial charge is 0.493 e. The molecule has 0 aromatic heterocycles. The molecule has 11 heteroatoms. The molecule has 2 amide bonds. The lowest BCUT2D eigenvalue weighted by Crippen LogP contribution is -2.44. The maximum atomic E-state index is 12.9. The van der Waals surface area contributed by atoms with Gasteiger partial charge in [-0.1, -0.05) is 36.9 Å². The minimum absolute atomic E-state index is 0.186. The average Bonchev–Trinajstić information content (AvgIpc) is 3.05. The van der Waals surface area contributed by atoms with Crippen molar-refractivity contribution in [2.45, 2.75) is 19.4 Å². The van der Waals surface area contributed by atoms with E-state index in [9.17, 15) is 19.5 Å². The second-order valence-corrected chi connectivity index (χ2v) is 9.23. The Hall–Kier alpha value is -2.89. The Balaban J connectivity index is 1.79. The van der Waals surface area contributed by atoms with Gasteiger partial charge >= 0.3 is 5.97 Å². The number of carbonyl (C=O) groups excluding carboxylic acids is 2. The Morgan fingerprint density at radius 1 is 1.27 bits per heavy atom. The van der Waals surface area contributed by atoms with E-state index < -0.39 is 23.9 Å². The summed E-state index contributed by atoms with van der Waals surface area (Å²) < 4.78 is 11.6. The summed E-state index contributed by atoms with van der Waals surface area (Å²) in [6, 6.07) is 11.7. The number of hydrogen-bond acceptors (Lipinski definition) is 7. The molecule has 0 aliphatic carbocycles. The van der Waals surface area contributed by atoms with Crippen LogP contribution in [0.3, 0.4) is 0 Å². The van der Waals surface area contributed by atoms with Gasteiger partial charge < -0.3 is 14.6 Å². The average molecular weight is 551 g/mol. The molecule has 3 rings (SSSR count). The molecule has 1 unspecified atom stereocenters. The van der Waals surface area contributed by atoms with Crippen LogP contribution in [0.15, 0.2) is 51.8 Å². The molecule has 1 aliphatic heterocycles. The molecule has 1 aliphatic rings. The Labute approximate surface area is 208 Å². The van der Waals surface area contributed by atoms with Crippen molar-refractivity contribution in [3.8, 4) is 11.5 Å². The van der Waals surface area contributed by atoms with Gasteiger partial charge in [0.1, 0.15) is 0 Å². The molecule has 1 heterocycles. The number of amides is 2. The Bertz CT molecular complexity index is 1150. The number of rotatable bonds is 8. The predicted molar refractivity (Wildman–Crippen MR) is 132 cm³/mol. The van der Waals surface area contributed by atoms with Gasteiger partial charge in [-0.15, -0.1) is 0 Å². The molecule has 1 atom stereocenters. The van der Waals surface area contributed by atoms with Crippen LogP contribution < -0.4 is 14.9 Å². The molecule has 8 nitrogen and oxygen atoms in total. The zero-order valence-corrected chi connectivity index (χ0v) is 20.8. The van der Waals surface area contributed by atoms with Crippen molar-refractivity contribution in [2.75, 3.05) is 7.11 Å². The van der Waals surface area contributed by atoms with Crippen LogP contribution in [0.4, 0.5) is 0 Å². The van der Waals surface area contributed by atoms with Crippen LogP contribution in [0.1, 0.15) is 29.3 Å². The normalized spacial score (nSPS) is 15.5. The van der Waals surface area contributed by atoms with Gasteiger partial charge in [-0.25, -0.2) is 4.79 Å². The maximum absolute atomic E-state index is 12.9. The molecule has 1 saturated heterocycles. The molecule has 33 heavy (non-hydrogen) atoms. The van der Waals surface area contributed by atoms with Gasteiger partial charge in [0.05, 0.1) is 17.6 Å². The summed E-state index contributed by atoms with van der Waals surface area (Å²) in [4.78, 5) is 37.0. The van der Waals surface area contributed by atoms with Crippen molar-refractivity contribution in [3.05, 3.63) is 63.0 Å². The minimum Gasteiger partial charge on any atom is -0.493 e. The molecule has 2 N–H and O–H groups in total. The van der Waals surface area contributed by atoms with E-state index in [2.05, 4.69) is 21.4 Å². The second-order valence-electron chi connectivity index (χ2n) is 6.70. The fourth-order valence-corrected chi connectivity index (χ4v) is 4.50. The minimum atomic E-state index is -1.07. The Morgan fingerprint density at radius 3 is 2.64 bits per heavy atom. The van der Waals surface area contributed by atoms with Gasteiger partial charge in [-0.05, 0) is 70.5 Å². The summed E-state index contributed by atoms with van der Waals surface area (Å²) >= 11 is 9.62. The number of nitrogens with one attached hydrogen (secondary N) is 1. The highest BCUT2D eigenvalue weighted by molar-refractivity contribution is 9.10. The van der Waals surface area contributed by atoms with Crippen LogP contribution in [-0.2, 0) is 9.59 Å². The van der Waals surface area contributed by atoms with Crippen molar-refractivity contribution >= 4 is 68.1 Å². The molecule has 2 aromatic rings. The monoisotopic (exact) mass is 550 g/mol. The molecule has 172 valence electrons. The first kappa shape index (κ1) is 24.7. The Kier molecular flexibility index (Phi) is 8.11. The van der Waals surface area contributed by atoms with Gasteiger partial charge in [0.25, 0.3) is 11.8 Å². The number of carbonyl (C=O) groups is 3. The molecule has 0 bridgehead atoms. The first-order valence-electron chi connectivity index (χ1n) is 9.66. The van der Waals surface area contributed by atoms with E-state index in [-0.39, 0.29) is 16.5 Å². The van der Waals surface area contributed by atoms with E-state index in [1.807, 2.05) is 0 Å². The highest BCUT2D eigenvalue weighted by Crippen LogP contribution is 2.34. The number of thioether (sulfide) groups is 1. The van der Waals surface area contributed by atoms with Crippen LogP contribution >= 0.6 is 39.9 Å². The fraction of sp³-hybridized carbons (Fsp3) is 0.182. The smallest absolute Gasteiger partial charge is 0.344 e. The van der Waals surface area contributed by atoms with Crippen LogP contribution in [0.5, 0.6) is 11.5 Å². The third-order valence-corrected chi connectivity index (χ3v) is 6.52. The van der Waals surface area contributed by atoms with Gasteiger partial charge in [0, 0.05) is 4.47 Å². The highest BCUT2D eigenvalue weighted by atomic mass is 79.9. The predicted octanol–water partition coefficient (Wildman–Crippen LogP) is 4.25. The number of hydrogen-bond donors (Lipinski definition) is 2. The van der Waals surface area contributed by atoms with Gasteiger partial charge in [0.15, 0.2) is 21.9 Å². The second kappa shape index (κ2) is 10.8. The number of hydrazine groups is 1. The fourth-order valence-electron chi connectivity index (χ4n) is 2.86. The quantitative estimate of drug-likeness (QED) is 0.371. The molecule has 2 aromatic carbocycles. The third-order valence-electron chi connectivity index (χ3n) is 4.53. The summed E-state index contributed by atoms with van der Waals surface area (Å²) in [6.07, 6.45) is 0.882. The van der Waals surface area contributed by atoms with Gasteiger partial charge in [0.2, 0.25) is 0 Å². The summed E-state index contributed by atoms with van der Waals surface area (Å²) in [7, 11) is 1.43. The van der Waals surface area contributed by atoms with Crippen molar-refractivity contribution in [2.24, 2.45) is 0 Å². The maximum Gasteiger partial charge on any atom is 0.344 e. The lowest BCUT2D eigenvalue weighted by atomic mass is 10.1. The van der Waals surface area contributed by atoms with Crippen LogP contribution in [-0.4, -0.2) is 45.4 Å². The van der Waals surface area contributed by atoms with E-state index >= 15 is 0 Å². The summed E-state index contributed by atoms with van der Waals surface area (Å²) in [5, 5.41) is 10.2. The number of carboxylic acids is 1. The topological polar surface area (TPSA) is 105 Å². The van der Waals surface area contributed by atoms with Crippen molar-refractivity contribution in [3.63, 3.8) is 0 Å². The lowest BCUT2D eigenvalue weighted by molar-refractivity contribution is -0.145. The Morgan fingerprint density at radius 2 is 2.00 bits per heavy atom. The number of aliphatic carboxylic acids is 1. The van der Waals surface area contributed by atoms with Crippen molar-refractivity contribution in [1.29, 1.82) is 0 Å². The highest BCUT2D eigenvalue weighted by Gasteiger charge is 2.34. The number of carboxylic acid groups (broad SMARTS) is 1. The van der Waals surface area contributed by atoms with Gasteiger partial charge in [-0.3, -0.25) is 15.0 Å². The van der Waals surface area contributed by atoms with Crippen molar-refractivity contribution in [1.82, 2.24) is 10.4 Å². The van der Waals surface area contributed by atoms with Crippen molar-refractivity contribution < 1.29 is 29.0 Å². The first-order valence-corrected chi connectivity index (χ1v) is 11.7. The van der Waals surface area contributed by atoms with E-state index in [0.717, 1.165) is 16.8 Å². The zero-order chi connectivity index (χ0) is 24.1. The molecule has 0 saturated carbocycles. The number of nitrogens with zero attached hydrogens (tertiary/aromatic N) is 1. The van der Waals surface area contributed by atoms with Gasteiger partial charge in [-0.2, -0.15) is 5.01 Å². The molecular formula is C22H19BrN2O6S2. The molecule has 0 spiro atoms. The van der Waals surface area contributed by atoms with Crippen LogP contribution in [0, 0.1) is 0 Å². The lowest BCUT2D eigenvalue weighted by Gasteiger charge is -2.16. The van der Waals surface area contributed by atoms with E-state index in [4.69, 9.17) is 21.7 Å². The third kappa shape index (κ3) is 5.73. The van der Waals surface area contributed by atoms with E-state index in [1.165, 1.54) is 7.11 Å². The van der Waals surface area contributed by atoms with E-state index in [1.54, 1.807) is 55.5 Å². The number of methoxy groups -OCH3 is 1. The first-order chi connectivity index (χ1) is 15.7. The zero-order valence-electron chi connectivity index (χ0n) is 17.5. The summed E-state index contributed by atoms with van der Waals surface area (Å²) in [5.41, 5.74) is 3.51. The number of thiocarbonyl (C=S) groups is 1. The summed E-state index contributed by atoms with van der Waals surface area (Å²) in [5.74, 6) is -1.43. The van der Waals surface area contributed by atoms with Crippen LogP contribution in [0.2, 0.25) is 0 Å². The molecular weight excluding hydrogens is 532 g/mol. The summed E-state index contributed by atoms with van der Waals surface area (Å²) in [6.45, 7) is 1.71. The SMILES string of the molecule is CCC(Oc1ccc(/C=C2/SC(=S)N(NC(=O)c3ccccc3Br)C2=O)cc1OC)C(=O)O. The molecule has 0 radical (unpaired) electrons. The standard InChI is InChI=1S/C22H19BrN2O6S2/c1-3-15(21(28)29)31-16-9-8-12(10-17(16)30-2)11-18-20(27)25(22(32)33-18)24-19(26)13-6-4-5-7-14(13)23/h4-11,15H,3H2,1-2H3,(H,24,26)(H,28,29)/b18-11+. The van der Waals surface area contributed by atoms with Crippen LogP contribution in [0.25, 0.3) is 6.08 Å². The number of ether oxygens (including phenoxy) is 2. The molecule has 1 fully saturated rings. The number of halogens is 1. The van der Waals surface area contributed by atoms with E-state index in [0.29, 0.717) is 26.3 Å². The number of benzene rings is 2.